The first-order valence-corrected chi connectivity index (χ1v) is 7.67. The molecule has 0 fully saturated rings. The van der Waals surface area contributed by atoms with E-state index in [1.54, 1.807) is 18.5 Å². The van der Waals surface area contributed by atoms with Crippen molar-refractivity contribution in [1.82, 2.24) is 20.0 Å². The lowest BCUT2D eigenvalue weighted by molar-refractivity contribution is 0.538. The lowest BCUT2D eigenvalue weighted by Crippen LogP contribution is -2.11. The first-order chi connectivity index (χ1) is 11.0. The summed E-state index contributed by atoms with van der Waals surface area (Å²) in [6, 6.07) is 6.28. The Morgan fingerprint density at radius 1 is 1.13 bits per heavy atom. The van der Waals surface area contributed by atoms with Gasteiger partial charge in [-0.25, -0.2) is 4.68 Å². The number of nitrogen functional groups attached to an aromatic ring is 1. The van der Waals surface area contributed by atoms with Gasteiger partial charge in [-0.15, -0.1) is 5.10 Å². The Labute approximate surface area is 136 Å². The van der Waals surface area contributed by atoms with Crippen LogP contribution in [0.4, 0.5) is 5.69 Å². The minimum atomic E-state index is 0.106. The molecular formula is C18H21N5. The van der Waals surface area contributed by atoms with Crippen molar-refractivity contribution in [2.45, 2.75) is 33.7 Å². The highest BCUT2D eigenvalue weighted by atomic mass is 15.4. The van der Waals surface area contributed by atoms with E-state index >= 15 is 0 Å². The van der Waals surface area contributed by atoms with E-state index in [0.29, 0.717) is 5.69 Å². The molecule has 0 amide bonds. The predicted molar refractivity (Wildman–Crippen MR) is 92.1 cm³/mol. The van der Waals surface area contributed by atoms with E-state index < -0.39 is 0 Å². The third kappa shape index (κ3) is 2.82. The van der Waals surface area contributed by atoms with Crippen LogP contribution < -0.4 is 5.73 Å². The van der Waals surface area contributed by atoms with Gasteiger partial charge in [0.05, 0.1) is 12.2 Å². The van der Waals surface area contributed by atoms with Crippen LogP contribution >= 0.6 is 0 Å². The van der Waals surface area contributed by atoms with Gasteiger partial charge in [0.25, 0.3) is 0 Å². The smallest absolute Gasteiger partial charge is 0.116 e. The van der Waals surface area contributed by atoms with E-state index in [9.17, 15) is 0 Å². The molecule has 5 heteroatoms. The summed E-state index contributed by atoms with van der Waals surface area (Å²) in [6.45, 7) is 8.54. The SMILES string of the molecule is Cc1cc(C)c(C(C)n2cc(-c3cnccc3N)nn2)c(C)c1. The highest BCUT2D eigenvalue weighted by molar-refractivity contribution is 5.71. The molecule has 0 aliphatic heterocycles. The lowest BCUT2D eigenvalue weighted by Gasteiger charge is -2.18. The van der Waals surface area contributed by atoms with E-state index in [0.717, 1.165) is 11.3 Å². The molecule has 2 N–H and O–H groups in total. The van der Waals surface area contributed by atoms with Crippen LogP contribution in [0.15, 0.2) is 36.8 Å². The van der Waals surface area contributed by atoms with Crippen LogP contribution in [0.25, 0.3) is 11.3 Å². The summed E-state index contributed by atoms with van der Waals surface area (Å²) in [5, 5.41) is 8.56. The highest BCUT2D eigenvalue weighted by Gasteiger charge is 2.16. The molecule has 1 atom stereocenters. The molecule has 2 aromatic heterocycles. The Balaban J connectivity index is 1.99. The Hall–Kier alpha value is -2.69. The van der Waals surface area contributed by atoms with Crippen LogP contribution in [-0.4, -0.2) is 20.0 Å². The van der Waals surface area contributed by atoms with Gasteiger partial charge in [-0.05, 0) is 50.5 Å². The largest absolute Gasteiger partial charge is 0.398 e. The summed E-state index contributed by atoms with van der Waals surface area (Å²) < 4.78 is 1.88. The predicted octanol–water partition coefficient (Wildman–Crippen LogP) is 3.46. The van der Waals surface area contributed by atoms with E-state index in [1.165, 1.54) is 22.3 Å². The fourth-order valence-corrected chi connectivity index (χ4v) is 3.19. The van der Waals surface area contributed by atoms with E-state index in [2.05, 4.69) is 55.1 Å². The minimum absolute atomic E-state index is 0.106. The van der Waals surface area contributed by atoms with Crippen molar-refractivity contribution < 1.29 is 0 Å². The molecule has 23 heavy (non-hydrogen) atoms. The zero-order valence-electron chi connectivity index (χ0n) is 13.9. The summed E-state index contributed by atoms with van der Waals surface area (Å²) >= 11 is 0. The molecule has 0 aliphatic carbocycles. The number of benzene rings is 1. The second kappa shape index (κ2) is 5.83. The van der Waals surface area contributed by atoms with Gasteiger partial charge in [0, 0.05) is 23.6 Å². The number of hydrogen-bond acceptors (Lipinski definition) is 4. The average Bonchev–Trinajstić information content (AvgIpc) is 2.96. The fraction of sp³-hybridized carbons (Fsp3) is 0.278. The van der Waals surface area contributed by atoms with Crippen LogP contribution in [0.2, 0.25) is 0 Å². The van der Waals surface area contributed by atoms with Gasteiger partial charge in [0.2, 0.25) is 0 Å². The average molecular weight is 307 g/mol. The molecule has 0 bridgehead atoms. The molecule has 0 spiro atoms. The molecular weight excluding hydrogens is 286 g/mol. The summed E-state index contributed by atoms with van der Waals surface area (Å²) in [7, 11) is 0. The Kier molecular flexibility index (Phi) is 3.86. The quantitative estimate of drug-likeness (QED) is 0.804. The van der Waals surface area contributed by atoms with Gasteiger partial charge in [-0.1, -0.05) is 22.9 Å². The van der Waals surface area contributed by atoms with Gasteiger partial charge in [0.1, 0.15) is 5.69 Å². The third-order valence-electron chi connectivity index (χ3n) is 4.19. The zero-order chi connectivity index (χ0) is 16.6. The first-order valence-electron chi connectivity index (χ1n) is 7.67. The van der Waals surface area contributed by atoms with Crippen molar-refractivity contribution in [3.8, 4) is 11.3 Å². The molecule has 3 rings (SSSR count). The zero-order valence-corrected chi connectivity index (χ0v) is 13.9. The van der Waals surface area contributed by atoms with Crippen molar-refractivity contribution in [1.29, 1.82) is 0 Å². The van der Waals surface area contributed by atoms with Crippen LogP contribution in [-0.2, 0) is 0 Å². The number of hydrogen-bond donors (Lipinski definition) is 1. The second-order valence-electron chi connectivity index (χ2n) is 6.04. The molecule has 0 saturated carbocycles. The van der Waals surface area contributed by atoms with E-state index in [4.69, 9.17) is 5.73 Å². The van der Waals surface area contributed by atoms with Gasteiger partial charge in [0.15, 0.2) is 0 Å². The number of nitrogens with zero attached hydrogens (tertiary/aromatic N) is 4. The van der Waals surface area contributed by atoms with Crippen LogP contribution in [0, 0.1) is 20.8 Å². The summed E-state index contributed by atoms with van der Waals surface area (Å²) in [5.74, 6) is 0. The molecule has 118 valence electrons. The van der Waals surface area contributed by atoms with Crippen LogP contribution in [0.1, 0.15) is 35.2 Å². The number of anilines is 1. The van der Waals surface area contributed by atoms with E-state index in [-0.39, 0.29) is 6.04 Å². The Morgan fingerprint density at radius 3 is 2.48 bits per heavy atom. The fourth-order valence-electron chi connectivity index (χ4n) is 3.19. The maximum Gasteiger partial charge on any atom is 0.116 e. The molecule has 1 aromatic carbocycles. The number of pyridine rings is 1. The van der Waals surface area contributed by atoms with Crippen molar-refractivity contribution in [3.63, 3.8) is 0 Å². The summed E-state index contributed by atoms with van der Waals surface area (Å²) in [4.78, 5) is 4.12. The normalized spacial score (nSPS) is 12.3. The molecule has 3 aromatic rings. The van der Waals surface area contributed by atoms with Gasteiger partial charge >= 0.3 is 0 Å². The number of rotatable bonds is 3. The number of aromatic nitrogens is 4. The standard InChI is InChI=1S/C18H21N5/c1-11-7-12(2)18(13(3)8-11)14(4)23-10-17(21-22-23)15-9-20-6-5-16(15)19/h5-10,14H,1-4H3,(H2,19,20). The third-order valence-corrected chi connectivity index (χ3v) is 4.19. The van der Waals surface area contributed by atoms with Gasteiger partial charge in [-0.2, -0.15) is 0 Å². The monoisotopic (exact) mass is 307 g/mol. The summed E-state index contributed by atoms with van der Waals surface area (Å²) in [5.41, 5.74) is 13.3. The van der Waals surface area contributed by atoms with Crippen molar-refractivity contribution in [2.75, 3.05) is 5.73 Å². The Morgan fingerprint density at radius 2 is 1.83 bits per heavy atom. The number of aryl methyl sites for hydroxylation is 3. The van der Waals surface area contributed by atoms with Crippen molar-refractivity contribution >= 4 is 5.69 Å². The van der Waals surface area contributed by atoms with Crippen molar-refractivity contribution in [3.05, 3.63) is 59.0 Å². The highest BCUT2D eigenvalue weighted by Crippen LogP contribution is 2.28. The maximum atomic E-state index is 6.00. The molecule has 2 heterocycles. The number of nitrogens with two attached hydrogens (primary N) is 1. The van der Waals surface area contributed by atoms with Crippen molar-refractivity contribution in [2.24, 2.45) is 0 Å². The first kappa shape index (κ1) is 15.2. The van der Waals surface area contributed by atoms with E-state index in [1.807, 2.05) is 10.9 Å². The van der Waals surface area contributed by atoms with Crippen LogP contribution in [0.3, 0.4) is 0 Å². The molecule has 0 aliphatic rings. The van der Waals surface area contributed by atoms with Gasteiger partial charge in [-0.3, -0.25) is 4.98 Å². The molecule has 1 unspecified atom stereocenters. The maximum absolute atomic E-state index is 6.00. The van der Waals surface area contributed by atoms with Crippen LogP contribution in [0.5, 0.6) is 0 Å². The lowest BCUT2D eigenvalue weighted by atomic mass is 9.95. The molecule has 5 nitrogen and oxygen atoms in total. The minimum Gasteiger partial charge on any atom is -0.398 e. The van der Waals surface area contributed by atoms with Gasteiger partial charge < -0.3 is 5.73 Å². The molecule has 0 saturated heterocycles. The Bertz CT molecular complexity index is 827. The topological polar surface area (TPSA) is 69.6 Å². The molecule has 0 radical (unpaired) electrons. The summed E-state index contributed by atoms with van der Waals surface area (Å²) in [6.07, 6.45) is 5.32. The second-order valence-corrected chi connectivity index (χ2v) is 6.04.